The summed E-state index contributed by atoms with van der Waals surface area (Å²) in [5.74, 6) is -0.358. The fraction of sp³-hybridized carbons (Fsp3) is 0.583. The zero-order valence-electron chi connectivity index (χ0n) is 9.78. The normalized spacial score (nSPS) is 20.4. The Bertz CT molecular complexity index is 372. The number of rotatable bonds is 5. The van der Waals surface area contributed by atoms with Crippen molar-refractivity contribution in [3.05, 3.63) is 21.9 Å². The molecule has 0 bridgehead atoms. The van der Waals surface area contributed by atoms with Crippen molar-refractivity contribution in [2.75, 3.05) is 13.2 Å². The van der Waals surface area contributed by atoms with E-state index >= 15 is 0 Å². The minimum absolute atomic E-state index is 0.347. The first-order chi connectivity index (χ1) is 8.25. The van der Waals surface area contributed by atoms with E-state index < -0.39 is 0 Å². The van der Waals surface area contributed by atoms with Gasteiger partial charge in [-0.1, -0.05) is 0 Å². The van der Waals surface area contributed by atoms with E-state index in [1.54, 1.807) is 16.7 Å². The van der Waals surface area contributed by atoms with Gasteiger partial charge in [-0.15, -0.1) is 11.3 Å². The van der Waals surface area contributed by atoms with Gasteiger partial charge in [0.05, 0.1) is 11.7 Å². The number of ether oxygens (including phenoxy) is 1. The van der Waals surface area contributed by atoms with Gasteiger partial charge in [0.25, 0.3) is 0 Å². The molecule has 4 nitrogen and oxygen atoms in total. The first kappa shape index (κ1) is 12.5. The van der Waals surface area contributed by atoms with E-state index in [0.717, 1.165) is 31.0 Å². The number of nitrogens with one attached hydrogen (secondary N) is 1. The number of hydrogen-bond donors (Lipinski definition) is 2. The molecule has 2 rings (SSSR count). The number of nitrogens with two attached hydrogens (primary N) is 1. The van der Waals surface area contributed by atoms with E-state index in [9.17, 15) is 4.79 Å². The average molecular weight is 254 g/mol. The molecule has 1 amide bonds. The summed E-state index contributed by atoms with van der Waals surface area (Å²) in [4.78, 5) is 12.1. The highest BCUT2D eigenvalue weighted by atomic mass is 32.1. The zero-order valence-corrected chi connectivity index (χ0v) is 10.6. The summed E-state index contributed by atoms with van der Waals surface area (Å²) < 4.78 is 5.63. The van der Waals surface area contributed by atoms with E-state index in [1.165, 1.54) is 12.8 Å². The minimum Gasteiger partial charge on any atom is -0.377 e. The third-order valence-electron chi connectivity index (χ3n) is 2.88. The van der Waals surface area contributed by atoms with Gasteiger partial charge in [0, 0.05) is 30.0 Å². The highest BCUT2D eigenvalue weighted by Crippen LogP contribution is 2.15. The largest absolute Gasteiger partial charge is 0.377 e. The molecular weight excluding hydrogens is 236 g/mol. The van der Waals surface area contributed by atoms with Crippen molar-refractivity contribution in [3.63, 3.8) is 0 Å². The molecule has 1 aliphatic rings. The molecule has 17 heavy (non-hydrogen) atoms. The summed E-state index contributed by atoms with van der Waals surface area (Å²) >= 11 is 1.56. The smallest absolute Gasteiger partial charge is 0.249 e. The maximum atomic E-state index is 10.9. The van der Waals surface area contributed by atoms with Crippen LogP contribution in [0.15, 0.2) is 11.4 Å². The van der Waals surface area contributed by atoms with Crippen LogP contribution >= 0.6 is 11.3 Å². The Balaban J connectivity index is 1.71. The van der Waals surface area contributed by atoms with Gasteiger partial charge in [-0.05, 0) is 25.3 Å². The van der Waals surface area contributed by atoms with Crippen LogP contribution in [0, 0.1) is 0 Å². The Morgan fingerprint density at radius 1 is 1.59 bits per heavy atom. The van der Waals surface area contributed by atoms with E-state index in [2.05, 4.69) is 5.32 Å². The standard InChI is InChI=1S/C12H18N2O2S/c13-12(15)9-5-11(17-8-9)7-14-6-10-3-1-2-4-16-10/h5,8,10,14H,1-4,6-7H2,(H2,13,15). The van der Waals surface area contributed by atoms with Gasteiger partial charge in [-0.2, -0.15) is 0 Å². The molecule has 1 aromatic heterocycles. The monoisotopic (exact) mass is 254 g/mol. The average Bonchev–Trinajstić information content (AvgIpc) is 2.79. The number of hydrogen-bond acceptors (Lipinski definition) is 4. The maximum Gasteiger partial charge on any atom is 0.249 e. The van der Waals surface area contributed by atoms with Gasteiger partial charge in [0.15, 0.2) is 0 Å². The second-order valence-corrected chi connectivity index (χ2v) is 5.28. The minimum atomic E-state index is -0.358. The van der Waals surface area contributed by atoms with Gasteiger partial charge in [-0.25, -0.2) is 0 Å². The van der Waals surface area contributed by atoms with Crippen molar-refractivity contribution in [3.8, 4) is 0 Å². The lowest BCUT2D eigenvalue weighted by Gasteiger charge is -2.22. The van der Waals surface area contributed by atoms with E-state index in [0.29, 0.717) is 11.7 Å². The van der Waals surface area contributed by atoms with Crippen LogP contribution in [0.1, 0.15) is 34.5 Å². The Hall–Kier alpha value is -0.910. The van der Waals surface area contributed by atoms with Gasteiger partial charge in [-0.3, -0.25) is 4.79 Å². The van der Waals surface area contributed by atoms with Crippen LogP contribution in [0.25, 0.3) is 0 Å². The van der Waals surface area contributed by atoms with Crippen molar-refractivity contribution < 1.29 is 9.53 Å². The van der Waals surface area contributed by atoms with Crippen LogP contribution in [0.2, 0.25) is 0 Å². The van der Waals surface area contributed by atoms with Crippen molar-refractivity contribution >= 4 is 17.2 Å². The van der Waals surface area contributed by atoms with Crippen LogP contribution in [0.5, 0.6) is 0 Å². The topological polar surface area (TPSA) is 64.4 Å². The number of amides is 1. The fourth-order valence-corrected chi connectivity index (χ4v) is 2.77. The Labute approximate surface area is 105 Å². The maximum absolute atomic E-state index is 10.9. The Morgan fingerprint density at radius 2 is 2.47 bits per heavy atom. The highest BCUT2D eigenvalue weighted by molar-refractivity contribution is 7.10. The van der Waals surface area contributed by atoms with Gasteiger partial charge < -0.3 is 15.8 Å². The van der Waals surface area contributed by atoms with Crippen molar-refractivity contribution in [2.45, 2.75) is 31.9 Å². The molecule has 1 atom stereocenters. The second-order valence-electron chi connectivity index (χ2n) is 4.29. The summed E-state index contributed by atoms with van der Waals surface area (Å²) in [6.45, 7) is 2.54. The predicted octanol–water partition coefficient (Wildman–Crippen LogP) is 1.51. The van der Waals surface area contributed by atoms with Gasteiger partial charge in [0.1, 0.15) is 0 Å². The molecule has 3 N–H and O–H groups in total. The van der Waals surface area contributed by atoms with Crippen LogP contribution in [-0.2, 0) is 11.3 Å². The second kappa shape index (κ2) is 6.14. The quantitative estimate of drug-likeness (QED) is 0.837. The van der Waals surface area contributed by atoms with E-state index in [4.69, 9.17) is 10.5 Å². The fourth-order valence-electron chi connectivity index (χ4n) is 1.93. The first-order valence-electron chi connectivity index (χ1n) is 5.95. The number of carbonyl (C=O) groups is 1. The molecule has 1 saturated heterocycles. The SMILES string of the molecule is NC(=O)c1csc(CNCC2CCCCO2)c1. The molecule has 0 spiro atoms. The lowest BCUT2D eigenvalue weighted by atomic mass is 10.1. The Kier molecular flexibility index (Phi) is 4.53. The third-order valence-corrected chi connectivity index (χ3v) is 3.82. The number of primary amides is 1. The molecule has 0 aliphatic carbocycles. The van der Waals surface area contributed by atoms with E-state index in [1.807, 2.05) is 6.07 Å². The zero-order chi connectivity index (χ0) is 12.1. The molecule has 0 radical (unpaired) electrons. The van der Waals surface area contributed by atoms with Crippen molar-refractivity contribution in [2.24, 2.45) is 5.73 Å². The molecule has 1 aliphatic heterocycles. The summed E-state index contributed by atoms with van der Waals surface area (Å²) in [6, 6.07) is 1.85. The summed E-state index contributed by atoms with van der Waals surface area (Å²) in [5.41, 5.74) is 5.80. The lowest BCUT2D eigenvalue weighted by Crippen LogP contribution is -2.31. The molecule has 94 valence electrons. The third kappa shape index (κ3) is 3.80. The first-order valence-corrected chi connectivity index (χ1v) is 6.83. The molecule has 1 unspecified atom stereocenters. The Morgan fingerprint density at radius 3 is 3.12 bits per heavy atom. The van der Waals surface area contributed by atoms with Crippen LogP contribution in [0.3, 0.4) is 0 Å². The van der Waals surface area contributed by atoms with Crippen LogP contribution in [-0.4, -0.2) is 25.2 Å². The van der Waals surface area contributed by atoms with Crippen LogP contribution in [0.4, 0.5) is 0 Å². The van der Waals surface area contributed by atoms with Crippen LogP contribution < -0.4 is 11.1 Å². The van der Waals surface area contributed by atoms with Crippen molar-refractivity contribution in [1.82, 2.24) is 5.32 Å². The predicted molar refractivity (Wildman–Crippen MR) is 68.1 cm³/mol. The molecule has 0 aromatic carbocycles. The van der Waals surface area contributed by atoms with Gasteiger partial charge in [0.2, 0.25) is 5.91 Å². The summed E-state index contributed by atoms with van der Waals surface area (Å²) in [5, 5.41) is 5.16. The van der Waals surface area contributed by atoms with Gasteiger partial charge >= 0.3 is 0 Å². The molecule has 0 saturated carbocycles. The molecule has 1 fully saturated rings. The number of thiophene rings is 1. The molecular formula is C12H18N2O2S. The lowest BCUT2D eigenvalue weighted by molar-refractivity contribution is 0.0168. The molecule has 2 heterocycles. The number of carbonyl (C=O) groups excluding carboxylic acids is 1. The summed E-state index contributed by atoms with van der Waals surface area (Å²) in [7, 11) is 0. The highest BCUT2D eigenvalue weighted by Gasteiger charge is 2.13. The van der Waals surface area contributed by atoms with E-state index in [-0.39, 0.29) is 5.91 Å². The summed E-state index contributed by atoms with van der Waals surface area (Å²) in [6.07, 6.45) is 3.93. The van der Waals surface area contributed by atoms with Crippen molar-refractivity contribution in [1.29, 1.82) is 0 Å². The molecule has 1 aromatic rings. The molecule has 5 heteroatoms.